The van der Waals surface area contributed by atoms with Gasteiger partial charge in [-0.05, 0) is 63.3 Å². The van der Waals surface area contributed by atoms with Crippen LogP contribution in [0.2, 0.25) is 0 Å². The number of hydrogen-bond donors (Lipinski definition) is 2. The second kappa shape index (κ2) is 10.3. The summed E-state index contributed by atoms with van der Waals surface area (Å²) >= 11 is 0. The Kier molecular flexibility index (Phi) is 8.04. The number of ketones is 1. The molecule has 0 saturated heterocycles. The molecule has 26 heavy (non-hydrogen) atoms. The Bertz CT molecular complexity index is 615. The van der Waals surface area contributed by atoms with Gasteiger partial charge in [0.25, 0.3) is 0 Å². The fourth-order valence-electron chi connectivity index (χ4n) is 3.25. The number of amides is 1. The fourth-order valence-corrected chi connectivity index (χ4v) is 3.25. The standard InChI is InChI=1S/C20H29FN2O3/c1-14-9-10-16(21)19(12-14)26-13-18(24)17(8-4-5-11-22)23-20(25)15-6-2-3-7-15/h9-10,12,15,17H,2-8,11,13,22H2,1H3,(H,23,25)/t17-/m0/s1. The van der Waals surface area contributed by atoms with Gasteiger partial charge in [-0.3, -0.25) is 9.59 Å². The second-order valence-corrected chi connectivity index (χ2v) is 7.02. The molecule has 1 atom stereocenters. The molecule has 2 rings (SSSR count). The van der Waals surface area contributed by atoms with E-state index in [1.807, 2.05) is 6.92 Å². The number of halogens is 1. The molecule has 6 heteroatoms. The van der Waals surface area contributed by atoms with E-state index >= 15 is 0 Å². The Hall–Kier alpha value is -1.95. The number of benzene rings is 1. The van der Waals surface area contributed by atoms with Gasteiger partial charge in [-0.1, -0.05) is 18.9 Å². The van der Waals surface area contributed by atoms with Crippen LogP contribution in [0.15, 0.2) is 18.2 Å². The molecule has 1 amide bonds. The Labute approximate surface area is 154 Å². The Balaban J connectivity index is 1.94. The average molecular weight is 364 g/mol. The summed E-state index contributed by atoms with van der Waals surface area (Å²) < 4.78 is 19.1. The minimum Gasteiger partial charge on any atom is -0.483 e. The molecule has 3 N–H and O–H groups in total. The highest BCUT2D eigenvalue weighted by molar-refractivity contribution is 5.90. The molecule has 0 aliphatic heterocycles. The third kappa shape index (κ3) is 6.09. The van der Waals surface area contributed by atoms with E-state index in [1.54, 1.807) is 12.1 Å². The van der Waals surface area contributed by atoms with Crippen LogP contribution < -0.4 is 15.8 Å². The van der Waals surface area contributed by atoms with Gasteiger partial charge in [0.05, 0.1) is 6.04 Å². The summed E-state index contributed by atoms with van der Waals surface area (Å²) in [7, 11) is 0. The van der Waals surface area contributed by atoms with E-state index in [0.717, 1.165) is 44.1 Å². The molecule has 1 aliphatic carbocycles. The maximum atomic E-state index is 13.8. The zero-order valence-corrected chi connectivity index (χ0v) is 15.4. The third-order valence-electron chi connectivity index (χ3n) is 4.83. The largest absolute Gasteiger partial charge is 0.483 e. The topological polar surface area (TPSA) is 81.4 Å². The lowest BCUT2D eigenvalue weighted by Crippen LogP contribution is -2.45. The number of rotatable bonds is 10. The van der Waals surface area contributed by atoms with Crippen molar-refractivity contribution < 1.29 is 18.7 Å². The molecule has 144 valence electrons. The lowest BCUT2D eigenvalue weighted by molar-refractivity contribution is -0.131. The number of nitrogens with two attached hydrogens (primary N) is 1. The molecule has 0 spiro atoms. The van der Waals surface area contributed by atoms with Crippen molar-refractivity contribution in [2.75, 3.05) is 13.2 Å². The Morgan fingerprint density at radius 2 is 2.04 bits per heavy atom. The highest BCUT2D eigenvalue weighted by Gasteiger charge is 2.27. The third-order valence-corrected chi connectivity index (χ3v) is 4.83. The van der Waals surface area contributed by atoms with Gasteiger partial charge in [-0.25, -0.2) is 4.39 Å². The zero-order valence-electron chi connectivity index (χ0n) is 15.4. The van der Waals surface area contributed by atoms with Gasteiger partial charge in [0, 0.05) is 5.92 Å². The minimum atomic E-state index is -0.609. The summed E-state index contributed by atoms with van der Waals surface area (Å²) in [6.07, 6.45) is 5.92. The first-order valence-electron chi connectivity index (χ1n) is 9.43. The number of nitrogens with one attached hydrogen (secondary N) is 1. The highest BCUT2D eigenvalue weighted by Crippen LogP contribution is 2.25. The van der Waals surface area contributed by atoms with Crippen LogP contribution in [0.4, 0.5) is 4.39 Å². The number of hydrogen-bond acceptors (Lipinski definition) is 4. The van der Waals surface area contributed by atoms with Gasteiger partial charge in [0.15, 0.2) is 17.3 Å². The number of carbonyl (C=O) groups is 2. The molecule has 0 radical (unpaired) electrons. The number of unbranched alkanes of at least 4 members (excludes halogenated alkanes) is 1. The van der Waals surface area contributed by atoms with Crippen LogP contribution in [0, 0.1) is 18.7 Å². The van der Waals surface area contributed by atoms with E-state index in [4.69, 9.17) is 10.5 Å². The zero-order chi connectivity index (χ0) is 18.9. The summed E-state index contributed by atoms with van der Waals surface area (Å²) in [6, 6.07) is 3.91. The molecule has 0 bridgehead atoms. The second-order valence-electron chi connectivity index (χ2n) is 7.02. The lowest BCUT2D eigenvalue weighted by Gasteiger charge is -2.20. The van der Waals surface area contributed by atoms with Crippen molar-refractivity contribution in [3.05, 3.63) is 29.6 Å². The number of carbonyl (C=O) groups excluding carboxylic acids is 2. The van der Waals surface area contributed by atoms with Crippen molar-refractivity contribution in [2.45, 2.75) is 57.9 Å². The predicted octanol–water partition coefficient (Wildman–Crippen LogP) is 2.89. The maximum Gasteiger partial charge on any atom is 0.223 e. The van der Waals surface area contributed by atoms with E-state index in [-0.39, 0.29) is 30.0 Å². The van der Waals surface area contributed by atoms with Crippen LogP contribution >= 0.6 is 0 Å². The van der Waals surface area contributed by atoms with Crippen molar-refractivity contribution in [3.8, 4) is 5.75 Å². The molecular weight excluding hydrogens is 335 g/mol. The van der Waals surface area contributed by atoms with Crippen molar-refractivity contribution >= 4 is 11.7 Å². The van der Waals surface area contributed by atoms with Gasteiger partial charge in [-0.2, -0.15) is 0 Å². The molecule has 1 aromatic carbocycles. The normalized spacial score (nSPS) is 15.7. The molecule has 0 unspecified atom stereocenters. The Morgan fingerprint density at radius 1 is 1.31 bits per heavy atom. The fraction of sp³-hybridized carbons (Fsp3) is 0.600. The van der Waals surface area contributed by atoms with Gasteiger partial charge in [0.1, 0.15) is 6.61 Å². The lowest BCUT2D eigenvalue weighted by atomic mass is 10.0. The molecule has 1 aromatic rings. The van der Waals surface area contributed by atoms with Crippen molar-refractivity contribution in [1.82, 2.24) is 5.32 Å². The number of ether oxygens (including phenoxy) is 1. The van der Waals surface area contributed by atoms with E-state index in [9.17, 15) is 14.0 Å². The smallest absolute Gasteiger partial charge is 0.223 e. The Morgan fingerprint density at radius 3 is 2.73 bits per heavy atom. The van der Waals surface area contributed by atoms with E-state index < -0.39 is 11.9 Å². The van der Waals surface area contributed by atoms with Crippen molar-refractivity contribution in [1.29, 1.82) is 0 Å². The summed E-state index contributed by atoms with van der Waals surface area (Å²) in [5, 5.41) is 2.88. The molecule has 0 aromatic heterocycles. The highest BCUT2D eigenvalue weighted by atomic mass is 19.1. The van der Waals surface area contributed by atoms with Crippen LogP contribution in [0.1, 0.15) is 50.5 Å². The maximum absolute atomic E-state index is 13.8. The monoisotopic (exact) mass is 364 g/mol. The first-order chi connectivity index (χ1) is 12.5. The quantitative estimate of drug-likeness (QED) is 0.626. The average Bonchev–Trinajstić information content (AvgIpc) is 3.16. The first kappa shape index (κ1) is 20.4. The van der Waals surface area contributed by atoms with E-state index in [1.165, 1.54) is 6.07 Å². The molecule has 1 aliphatic rings. The van der Waals surface area contributed by atoms with Gasteiger partial charge >= 0.3 is 0 Å². The molecule has 5 nitrogen and oxygen atoms in total. The minimum absolute atomic E-state index is 0.00468. The van der Waals surface area contributed by atoms with Gasteiger partial charge < -0.3 is 15.8 Å². The summed E-state index contributed by atoms with van der Waals surface area (Å²) in [5.74, 6) is -0.751. The summed E-state index contributed by atoms with van der Waals surface area (Å²) in [6.45, 7) is 2.10. The van der Waals surface area contributed by atoms with E-state index in [0.29, 0.717) is 13.0 Å². The van der Waals surface area contributed by atoms with Crippen molar-refractivity contribution in [3.63, 3.8) is 0 Å². The van der Waals surface area contributed by atoms with E-state index in [2.05, 4.69) is 5.32 Å². The molecule has 1 fully saturated rings. The first-order valence-corrected chi connectivity index (χ1v) is 9.43. The van der Waals surface area contributed by atoms with Gasteiger partial charge in [0.2, 0.25) is 5.91 Å². The van der Waals surface area contributed by atoms with Crippen LogP contribution in [-0.2, 0) is 9.59 Å². The molecule has 1 saturated carbocycles. The van der Waals surface area contributed by atoms with Crippen molar-refractivity contribution in [2.24, 2.45) is 11.7 Å². The SMILES string of the molecule is Cc1ccc(F)c(OCC(=O)[C@H](CCCCN)NC(=O)C2CCCC2)c1. The van der Waals surface area contributed by atoms with Crippen LogP contribution in [0.25, 0.3) is 0 Å². The van der Waals surface area contributed by atoms with Crippen LogP contribution in [-0.4, -0.2) is 30.9 Å². The number of Topliss-reactive ketones (excluding diaryl/α,β-unsaturated/α-hetero) is 1. The van der Waals surface area contributed by atoms with Crippen LogP contribution in [0.3, 0.4) is 0 Å². The summed E-state index contributed by atoms with van der Waals surface area (Å²) in [4.78, 5) is 24.9. The van der Waals surface area contributed by atoms with Crippen LogP contribution in [0.5, 0.6) is 5.75 Å². The number of aryl methyl sites for hydroxylation is 1. The summed E-state index contributed by atoms with van der Waals surface area (Å²) in [5.41, 5.74) is 6.37. The van der Waals surface area contributed by atoms with Gasteiger partial charge in [-0.15, -0.1) is 0 Å². The predicted molar refractivity (Wildman–Crippen MR) is 98.4 cm³/mol. The molecular formula is C20H29FN2O3. The molecule has 0 heterocycles.